The van der Waals surface area contributed by atoms with E-state index in [0.717, 1.165) is 16.6 Å². The predicted octanol–water partition coefficient (Wildman–Crippen LogP) is 3.65. The number of pyridine rings is 1. The largest absolute Gasteiger partial charge is 0.222 e. The molecule has 0 spiro atoms. The van der Waals surface area contributed by atoms with Gasteiger partial charge in [-0.3, -0.25) is 0 Å². The second-order valence-corrected chi connectivity index (χ2v) is 3.99. The van der Waals surface area contributed by atoms with Crippen molar-refractivity contribution in [1.82, 2.24) is 9.61 Å². The van der Waals surface area contributed by atoms with Crippen molar-refractivity contribution in [3.05, 3.63) is 59.9 Å². The van der Waals surface area contributed by atoms with Crippen LogP contribution in [-0.4, -0.2) is 9.61 Å². The average molecular weight is 229 g/mol. The fourth-order valence-electron chi connectivity index (χ4n) is 1.79. The van der Waals surface area contributed by atoms with Crippen LogP contribution in [0.4, 0.5) is 0 Å². The summed E-state index contributed by atoms with van der Waals surface area (Å²) >= 11 is 6.15. The second-order valence-electron chi connectivity index (χ2n) is 3.60. The Morgan fingerprint density at radius 2 is 1.75 bits per heavy atom. The number of rotatable bonds is 1. The first-order chi connectivity index (χ1) is 7.84. The number of hydrogen-bond donors (Lipinski definition) is 0. The summed E-state index contributed by atoms with van der Waals surface area (Å²) < 4.78 is 1.72. The molecule has 0 aliphatic heterocycles. The zero-order chi connectivity index (χ0) is 11.0. The van der Waals surface area contributed by atoms with Crippen LogP contribution in [0.15, 0.2) is 54.7 Å². The second kappa shape index (κ2) is 3.65. The van der Waals surface area contributed by atoms with Crippen LogP contribution in [0.25, 0.3) is 16.6 Å². The highest BCUT2D eigenvalue weighted by molar-refractivity contribution is 6.30. The first kappa shape index (κ1) is 9.43. The molecule has 2 aromatic heterocycles. The monoisotopic (exact) mass is 228 g/mol. The van der Waals surface area contributed by atoms with E-state index in [0.29, 0.717) is 5.15 Å². The summed E-state index contributed by atoms with van der Waals surface area (Å²) in [6.07, 6.45) is 1.75. The summed E-state index contributed by atoms with van der Waals surface area (Å²) in [5.41, 5.74) is 3.28. The Balaban J connectivity index is 2.25. The molecule has 0 bridgehead atoms. The van der Waals surface area contributed by atoms with Crippen molar-refractivity contribution < 1.29 is 0 Å². The molecule has 0 aliphatic carbocycles. The summed E-state index contributed by atoms with van der Waals surface area (Å²) in [5.74, 6) is 0. The molecule has 0 unspecified atom stereocenters. The fraction of sp³-hybridized carbons (Fsp3) is 0. The molecule has 0 fully saturated rings. The van der Waals surface area contributed by atoms with Gasteiger partial charge < -0.3 is 0 Å². The first-order valence-corrected chi connectivity index (χ1v) is 5.41. The van der Waals surface area contributed by atoms with Crippen LogP contribution in [0.2, 0.25) is 5.15 Å². The lowest BCUT2D eigenvalue weighted by Gasteiger charge is -2.04. The molecule has 2 nitrogen and oxygen atoms in total. The number of fused-ring (bicyclic) bond motifs is 1. The van der Waals surface area contributed by atoms with Crippen LogP contribution >= 0.6 is 11.6 Å². The van der Waals surface area contributed by atoms with Gasteiger partial charge in [0.1, 0.15) is 5.15 Å². The molecule has 0 atom stereocenters. The minimum absolute atomic E-state index is 0.626. The van der Waals surface area contributed by atoms with Crippen molar-refractivity contribution in [3.63, 3.8) is 0 Å². The van der Waals surface area contributed by atoms with E-state index in [1.165, 1.54) is 0 Å². The molecule has 2 heterocycles. The van der Waals surface area contributed by atoms with Crippen LogP contribution in [0.1, 0.15) is 0 Å². The smallest absolute Gasteiger partial charge is 0.131 e. The Morgan fingerprint density at radius 1 is 0.938 bits per heavy atom. The van der Waals surface area contributed by atoms with Crippen LogP contribution in [0.5, 0.6) is 0 Å². The van der Waals surface area contributed by atoms with Crippen molar-refractivity contribution in [2.24, 2.45) is 0 Å². The lowest BCUT2D eigenvalue weighted by Crippen LogP contribution is -1.89. The highest BCUT2D eigenvalue weighted by Gasteiger charge is 2.03. The Hall–Kier alpha value is -1.80. The lowest BCUT2D eigenvalue weighted by atomic mass is 10.1. The quantitative estimate of drug-likeness (QED) is 0.581. The van der Waals surface area contributed by atoms with E-state index >= 15 is 0 Å². The zero-order valence-electron chi connectivity index (χ0n) is 8.47. The van der Waals surface area contributed by atoms with E-state index in [9.17, 15) is 0 Å². The molecule has 0 aliphatic rings. The molecule has 3 rings (SSSR count). The van der Waals surface area contributed by atoms with Gasteiger partial charge in [0, 0.05) is 0 Å². The normalized spacial score (nSPS) is 10.8. The third kappa shape index (κ3) is 1.48. The SMILES string of the molecule is Clc1cc(-c2ccccc2)cc2ccnn12. The highest BCUT2D eigenvalue weighted by atomic mass is 35.5. The van der Waals surface area contributed by atoms with Gasteiger partial charge in [0.2, 0.25) is 0 Å². The van der Waals surface area contributed by atoms with E-state index in [4.69, 9.17) is 11.6 Å². The molecular weight excluding hydrogens is 220 g/mol. The van der Waals surface area contributed by atoms with E-state index in [1.54, 1.807) is 10.7 Å². The fourth-order valence-corrected chi connectivity index (χ4v) is 2.05. The van der Waals surface area contributed by atoms with Gasteiger partial charge in [-0.05, 0) is 29.3 Å². The molecule has 3 heteroatoms. The van der Waals surface area contributed by atoms with E-state index in [-0.39, 0.29) is 0 Å². The van der Waals surface area contributed by atoms with Gasteiger partial charge in [-0.15, -0.1) is 0 Å². The van der Waals surface area contributed by atoms with Crippen LogP contribution in [0, 0.1) is 0 Å². The maximum absolute atomic E-state index is 6.15. The number of nitrogens with zero attached hydrogens (tertiary/aromatic N) is 2. The standard InChI is InChI=1S/C13H9ClN2/c14-13-9-11(10-4-2-1-3-5-10)8-12-6-7-15-16(12)13/h1-9H. The molecule has 16 heavy (non-hydrogen) atoms. The van der Waals surface area contributed by atoms with Gasteiger partial charge in [-0.2, -0.15) is 5.10 Å². The van der Waals surface area contributed by atoms with Crippen molar-refractivity contribution in [2.75, 3.05) is 0 Å². The van der Waals surface area contributed by atoms with Crippen LogP contribution in [-0.2, 0) is 0 Å². The molecule has 0 N–H and O–H groups in total. The number of halogens is 1. The molecule has 0 saturated heterocycles. The summed E-state index contributed by atoms with van der Waals surface area (Å²) in [5, 5.41) is 4.76. The number of aromatic nitrogens is 2. The Kier molecular flexibility index (Phi) is 2.15. The molecular formula is C13H9ClN2. The minimum Gasteiger partial charge on any atom is -0.222 e. The van der Waals surface area contributed by atoms with Gasteiger partial charge in [0.15, 0.2) is 0 Å². The van der Waals surface area contributed by atoms with E-state index < -0.39 is 0 Å². The van der Waals surface area contributed by atoms with Gasteiger partial charge in [0.25, 0.3) is 0 Å². The Morgan fingerprint density at radius 3 is 2.56 bits per heavy atom. The maximum Gasteiger partial charge on any atom is 0.131 e. The molecule has 78 valence electrons. The predicted molar refractivity (Wildman–Crippen MR) is 65.6 cm³/mol. The minimum atomic E-state index is 0.626. The molecule has 3 aromatic rings. The van der Waals surface area contributed by atoms with E-state index in [2.05, 4.69) is 23.3 Å². The van der Waals surface area contributed by atoms with Gasteiger partial charge in [-0.1, -0.05) is 41.9 Å². The third-order valence-electron chi connectivity index (χ3n) is 2.56. The lowest BCUT2D eigenvalue weighted by molar-refractivity contribution is 0.962. The highest BCUT2D eigenvalue weighted by Crippen LogP contribution is 2.24. The van der Waals surface area contributed by atoms with Gasteiger partial charge in [-0.25, -0.2) is 4.52 Å². The number of hydrogen-bond acceptors (Lipinski definition) is 1. The zero-order valence-corrected chi connectivity index (χ0v) is 9.22. The molecule has 0 amide bonds. The number of benzene rings is 1. The van der Waals surface area contributed by atoms with Crippen molar-refractivity contribution in [3.8, 4) is 11.1 Å². The first-order valence-electron chi connectivity index (χ1n) is 5.03. The summed E-state index contributed by atoms with van der Waals surface area (Å²) in [6.45, 7) is 0. The van der Waals surface area contributed by atoms with Gasteiger partial charge in [0.05, 0.1) is 11.7 Å². The summed E-state index contributed by atoms with van der Waals surface area (Å²) in [7, 11) is 0. The summed E-state index contributed by atoms with van der Waals surface area (Å²) in [4.78, 5) is 0. The Bertz CT molecular complexity index is 629. The molecule has 1 aromatic carbocycles. The van der Waals surface area contributed by atoms with Crippen LogP contribution in [0.3, 0.4) is 0 Å². The topological polar surface area (TPSA) is 17.3 Å². The van der Waals surface area contributed by atoms with Gasteiger partial charge >= 0.3 is 0 Å². The average Bonchev–Trinajstić information content (AvgIpc) is 2.79. The van der Waals surface area contributed by atoms with Crippen molar-refractivity contribution in [2.45, 2.75) is 0 Å². The van der Waals surface area contributed by atoms with E-state index in [1.807, 2.05) is 30.3 Å². The molecule has 0 saturated carbocycles. The maximum atomic E-state index is 6.15. The third-order valence-corrected chi connectivity index (χ3v) is 2.83. The Labute approximate surface area is 98.1 Å². The van der Waals surface area contributed by atoms with Crippen molar-refractivity contribution >= 4 is 17.1 Å². The van der Waals surface area contributed by atoms with Crippen LogP contribution < -0.4 is 0 Å². The molecule has 0 radical (unpaired) electrons. The van der Waals surface area contributed by atoms with Crippen molar-refractivity contribution in [1.29, 1.82) is 0 Å². The summed E-state index contributed by atoms with van der Waals surface area (Å²) in [6, 6.07) is 16.1.